The number of aromatic nitrogens is 2. The molecule has 6 heteroatoms. The Bertz CT molecular complexity index is 1070. The molecule has 0 saturated heterocycles. The molecule has 31 heavy (non-hydrogen) atoms. The third-order valence-corrected chi connectivity index (χ3v) is 5.45. The average molecular weight is 417 g/mol. The maximum Gasteiger partial charge on any atom is 0.251 e. The SMILES string of the molecule is Cc1cc(C)n(Cc2cccc(C(=O)NC(Cc3ccccc3)C(=O)NC3CC3)c2)n1. The summed E-state index contributed by atoms with van der Waals surface area (Å²) in [4.78, 5) is 25.8. The first-order valence-corrected chi connectivity index (χ1v) is 10.7. The van der Waals surface area contributed by atoms with Crippen molar-refractivity contribution in [2.45, 2.75) is 51.7 Å². The van der Waals surface area contributed by atoms with Crippen molar-refractivity contribution in [3.8, 4) is 0 Å². The Morgan fingerprint density at radius 1 is 1.03 bits per heavy atom. The van der Waals surface area contributed by atoms with Gasteiger partial charge in [0.1, 0.15) is 6.04 Å². The lowest BCUT2D eigenvalue weighted by atomic mass is 10.0. The second-order valence-electron chi connectivity index (χ2n) is 8.28. The van der Waals surface area contributed by atoms with Crippen LogP contribution in [0.25, 0.3) is 0 Å². The van der Waals surface area contributed by atoms with Crippen molar-refractivity contribution in [2.75, 3.05) is 0 Å². The van der Waals surface area contributed by atoms with Gasteiger partial charge in [0.05, 0.1) is 12.2 Å². The van der Waals surface area contributed by atoms with Gasteiger partial charge < -0.3 is 10.6 Å². The van der Waals surface area contributed by atoms with Gasteiger partial charge in [-0.15, -0.1) is 0 Å². The minimum atomic E-state index is -0.616. The predicted molar refractivity (Wildman–Crippen MR) is 120 cm³/mol. The van der Waals surface area contributed by atoms with Crippen LogP contribution in [0.5, 0.6) is 0 Å². The summed E-state index contributed by atoms with van der Waals surface area (Å²) in [5.41, 5.74) is 4.58. The van der Waals surface area contributed by atoms with E-state index >= 15 is 0 Å². The van der Waals surface area contributed by atoms with Crippen molar-refractivity contribution < 1.29 is 9.59 Å². The Hall–Kier alpha value is -3.41. The van der Waals surface area contributed by atoms with E-state index in [1.165, 1.54) is 0 Å². The Morgan fingerprint density at radius 2 is 1.77 bits per heavy atom. The predicted octanol–water partition coefficient (Wildman–Crippen LogP) is 3.17. The van der Waals surface area contributed by atoms with Gasteiger partial charge >= 0.3 is 0 Å². The molecule has 160 valence electrons. The first kappa shape index (κ1) is 20.8. The number of nitrogens with zero attached hydrogens (tertiary/aromatic N) is 2. The van der Waals surface area contributed by atoms with Crippen LogP contribution in [0.4, 0.5) is 0 Å². The Balaban J connectivity index is 1.48. The number of carbonyl (C=O) groups excluding carboxylic acids is 2. The lowest BCUT2D eigenvalue weighted by molar-refractivity contribution is -0.123. The molecule has 2 aromatic carbocycles. The molecule has 1 fully saturated rings. The molecule has 1 aliphatic carbocycles. The van der Waals surface area contributed by atoms with Crippen molar-refractivity contribution in [1.29, 1.82) is 0 Å². The Labute approximate surface area is 182 Å². The van der Waals surface area contributed by atoms with E-state index in [0.29, 0.717) is 18.5 Å². The van der Waals surface area contributed by atoms with Crippen molar-refractivity contribution in [2.24, 2.45) is 0 Å². The highest BCUT2D eigenvalue weighted by Gasteiger charge is 2.28. The second-order valence-corrected chi connectivity index (χ2v) is 8.28. The summed E-state index contributed by atoms with van der Waals surface area (Å²) in [6.07, 6.45) is 2.47. The van der Waals surface area contributed by atoms with Gasteiger partial charge in [0.25, 0.3) is 5.91 Å². The molecule has 2 N–H and O–H groups in total. The number of hydrogen-bond donors (Lipinski definition) is 2. The van der Waals surface area contributed by atoms with Gasteiger partial charge in [0.2, 0.25) is 5.91 Å². The number of hydrogen-bond acceptors (Lipinski definition) is 3. The van der Waals surface area contributed by atoms with Crippen molar-refractivity contribution in [3.63, 3.8) is 0 Å². The first-order chi connectivity index (χ1) is 15.0. The van der Waals surface area contributed by atoms with Gasteiger partial charge in [0, 0.05) is 23.7 Å². The molecule has 2 amide bonds. The third kappa shape index (κ3) is 5.60. The summed E-state index contributed by atoms with van der Waals surface area (Å²) >= 11 is 0. The van der Waals surface area contributed by atoms with Crippen LogP contribution < -0.4 is 10.6 Å². The summed E-state index contributed by atoms with van der Waals surface area (Å²) in [7, 11) is 0. The normalized spacial score (nSPS) is 14.1. The molecule has 1 heterocycles. The zero-order valence-corrected chi connectivity index (χ0v) is 18.0. The van der Waals surface area contributed by atoms with Crippen molar-refractivity contribution in [3.05, 3.63) is 88.7 Å². The summed E-state index contributed by atoms with van der Waals surface area (Å²) in [6.45, 7) is 4.58. The maximum atomic E-state index is 13.0. The van der Waals surface area contributed by atoms with E-state index in [0.717, 1.165) is 35.4 Å². The third-order valence-electron chi connectivity index (χ3n) is 5.45. The highest BCUT2D eigenvalue weighted by molar-refractivity contribution is 5.97. The largest absolute Gasteiger partial charge is 0.352 e. The van der Waals surface area contributed by atoms with Crippen molar-refractivity contribution in [1.82, 2.24) is 20.4 Å². The zero-order chi connectivity index (χ0) is 21.8. The van der Waals surface area contributed by atoms with Crippen LogP contribution in [0.3, 0.4) is 0 Å². The standard InChI is InChI=1S/C25H28N4O2/c1-17-13-18(2)29(28-17)16-20-9-6-10-21(14-20)24(30)27-23(25(31)26-22-11-12-22)15-19-7-4-3-5-8-19/h3-10,13-14,22-23H,11-12,15-16H2,1-2H3,(H,26,31)(H,27,30). The minimum absolute atomic E-state index is 0.126. The van der Waals surface area contributed by atoms with E-state index in [9.17, 15) is 9.59 Å². The van der Waals surface area contributed by atoms with Crippen LogP contribution >= 0.6 is 0 Å². The van der Waals surface area contributed by atoms with E-state index < -0.39 is 6.04 Å². The van der Waals surface area contributed by atoms with Crippen LogP contribution in [0.15, 0.2) is 60.7 Å². The highest BCUT2D eigenvalue weighted by atomic mass is 16.2. The fraction of sp³-hybridized carbons (Fsp3) is 0.320. The molecular weight excluding hydrogens is 388 g/mol. The molecule has 1 atom stereocenters. The minimum Gasteiger partial charge on any atom is -0.352 e. The Morgan fingerprint density at radius 3 is 2.45 bits per heavy atom. The monoisotopic (exact) mass is 416 g/mol. The molecule has 4 rings (SSSR count). The number of benzene rings is 2. The molecule has 0 radical (unpaired) electrons. The number of carbonyl (C=O) groups is 2. The number of rotatable bonds is 8. The lowest BCUT2D eigenvalue weighted by Gasteiger charge is -2.19. The molecule has 0 bridgehead atoms. The number of amides is 2. The maximum absolute atomic E-state index is 13.0. The average Bonchev–Trinajstić information content (AvgIpc) is 3.51. The smallest absolute Gasteiger partial charge is 0.251 e. The Kier molecular flexibility index (Phi) is 6.16. The van der Waals surface area contributed by atoms with Gasteiger partial charge in [-0.05, 0) is 56.0 Å². The van der Waals surface area contributed by atoms with Gasteiger partial charge in [0.15, 0.2) is 0 Å². The first-order valence-electron chi connectivity index (χ1n) is 10.7. The van der Waals surface area contributed by atoms with E-state index in [1.807, 2.05) is 73.1 Å². The number of nitrogens with one attached hydrogen (secondary N) is 2. The topological polar surface area (TPSA) is 76.0 Å². The van der Waals surface area contributed by atoms with Gasteiger partial charge in [-0.1, -0.05) is 42.5 Å². The van der Waals surface area contributed by atoms with Crippen LogP contribution in [-0.4, -0.2) is 33.7 Å². The lowest BCUT2D eigenvalue weighted by Crippen LogP contribution is -2.48. The molecule has 0 spiro atoms. The molecule has 1 saturated carbocycles. The molecule has 6 nitrogen and oxygen atoms in total. The molecule has 1 aromatic heterocycles. The fourth-order valence-corrected chi connectivity index (χ4v) is 3.65. The fourth-order valence-electron chi connectivity index (χ4n) is 3.65. The van der Waals surface area contributed by atoms with Crippen LogP contribution in [-0.2, 0) is 17.8 Å². The van der Waals surface area contributed by atoms with Crippen LogP contribution in [0.1, 0.15) is 45.7 Å². The van der Waals surface area contributed by atoms with Gasteiger partial charge in [-0.25, -0.2) is 0 Å². The quantitative estimate of drug-likeness (QED) is 0.592. The second kappa shape index (κ2) is 9.16. The van der Waals surface area contributed by atoms with Crippen molar-refractivity contribution >= 4 is 11.8 Å². The summed E-state index contributed by atoms with van der Waals surface area (Å²) in [6, 6.07) is 18.9. The summed E-state index contributed by atoms with van der Waals surface area (Å²) in [5.74, 6) is -0.374. The highest BCUT2D eigenvalue weighted by Crippen LogP contribution is 2.19. The van der Waals surface area contributed by atoms with E-state index in [1.54, 1.807) is 6.07 Å². The van der Waals surface area contributed by atoms with E-state index in [4.69, 9.17) is 0 Å². The molecule has 1 aliphatic rings. The molecule has 1 unspecified atom stereocenters. The van der Waals surface area contributed by atoms with Crippen LogP contribution in [0.2, 0.25) is 0 Å². The van der Waals surface area contributed by atoms with E-state index in [-0.39, 0.29) is 17.9 Å². The van der Waals surface area contributed by atoms with Gasteiger partial charge in [-0.3, -0.25) is 14.3 Å². The summed E-state index contributed by atoms with van der Waals surface area (Å²) in [5, 5.41) is 10.5. The number of aryl methyl sites for hydroxylation is 2. The van der Waals surface area contributed by atoms with Gasteiger partial charge in [-0.2, -0.15) is 5.10 Å². The zero-order valence-electron chi connectivity index (χ0n) is 18.0. The van der Waals surface area contributed by atoms with E-state index in [2.05, 4.69) is 15.7 Å². The molecular formula is C25H28N4O2. The molecule has 0 aliphatic heterocycles. The summed E-state index contributed by atoms with van der Waals surface area (Å²) < 4.78 is 1.92. The van der Waals surface area contributed by atoms with Crippen LogP contribution in [0, 0.1) is 13.8 Å². The molecule has 3 aromatic rings.